The summed E-state index contributed by atoms with van der Waals surface area (Å²) in [6, 6.07) is -0.749. The number of carbonyl (C=O) groups is 2. The molecule has 0 aromatic carbocycles. The minimum absolute atomic E-state index is 0.0487. The van der Waals surface area contributed by atoms with E-state index in [1.54, 1.807) is 6.08 Å². The van der Waals surface area contributed by atoms with E-state index in [1.807, 2.05) is 13.8 Å². The van der Waals surface area contributed by atoms with Crippen LogP contribution < -0.4 is 16.8 Å². The summed E-state index contributed by atoms with van der Waals surface area (Å²) in [5.74, 6) is -0.505. The van der Waals surface area contributed by atoms with Crippen molar-refractivity contribution in [3.8, 4) is 0 Å². The summed E-state index contributed by atoms with van der Waals surface area (Å²) in [5.41, 5.74) is 12.3. The first-order valence-corrected chi connectivity index (χ1v) is 10.2. The number of ether oxygens (including phenoxy) is 2. The maximum atomic E-state index is 12.4. The molecule has 0 spiro atoms. The van der Waals surface area contributed by atoms with Gasteiger partial charge in [0.15, 0.2) is 0 Å². The third-order valence-electron chi connectivity index (χ3n) is 4.86. The quantitative estimate of drug-likeness (QED) is 0.349. The fourth-order valence-electron chi connectivity index (χ4n) is 3.25. The molecule has 3 atom stereocenters. The Hall–Kier alpha value is -1.44. The monoisotopic (exact) mass is 383 g/mol. The largest absolute Gasteiger partial charge is 0.462 e. The molecule has 0 saturated carbocycles. The first-order chi connectivity index (χ1) is 12.9. The summed E-state index contributed by atoms with van der Waals surface area (Å²) in [6.07, 6.45) is 7.32. The minimum atomic E-state index is -0.436. The van der Waals surface area contributed by atoms with E-state index in [0.29, 0.717) is 25.1 Å². The van der Waals surface area contributed by atoms with Crippen LogP contribution in [0.25, 0.3) is 0 Å². The molecule has 7 heteroatoms. The molecule has 1 amide bonds. The smallest absolute Gasteiger partial charge is 0.333 e. The molecule has 0 fully saturated rings. The summed E-state index contributed by atoms with van der Waals surface area (Å²) >= 11 is 0. The van der Waals surface area contributed by atoms with E-state index >= 15 is 0 Å². The average molecular weight is 384 g/mol. The van der Waals surface area contributed by atoms with Crippen LogP contribution in [-0.4, -0.2) is 49.3 Å². The predicted octanol–water partition coefficient (Wildman–Crippen LogP) is 1.78. The summed E-state index contributed by atoms with van der Waals surface area (Å²) < 4.78 is 11.5. The number of nitrogens with two attached hydrogens (primary N) is 2. The van der Waals surface area contributed by atoms with Crippen LogP contribution in [0.4, 0.5) is 0 Å². The molecule has 1 unspecified atom stereocenters. The lowest BCUT2D eigenvalue weighted by molar-refractivity contribution is -0.139. The van der Waals surface area contributed by atoms with Crippen molar-refractivity contribution in [1.29, 1.82) is 0 Å². The van der Waals surface area contributed by atoms with E-state index in [9.17, 15) is 9.59 Å². The molecule has 5 N–H and O–H groups in total. The maximum Gasteiger partial charge on any atom is 0.333 e. The molecule has 0 radical (unpaired) electrons. The summed E-state index contributed by atoms with van der Waals surface area (Å²) in [5, 5.41) is 2.87. The molecule has 0 saturated heterocycles. The number of carbonyl (C=O) groups excluding carboxylic acids is 2. The Morgan fingerprint density at radius 2 is 1.89 bits per heavy atom. The number of amides is 1. The lowest BCUT2D eigenvalue weighted by Crippen LogP contribution is -2.57. The van der Waals surface area contributed by atoms with Gasteiger partial charge in [0.05, 0.1) is 24.9 Å². The van der Waals surface area contributed by atoms with Gasteiger partial charge in [-0.15, -0.1) is 0 Å². The van der Waals surface area contributed by atoms with Gasteiger partial charge in [-0.1, -0.05) is 26.7 Å². The normalized spacial score (nSPS) is 22.4. The SMILES string of the molecule is CCC(CC)O[C@@H]1C=C(C(=O)OCCCCCCN)C[C@H](N)C1NC(C)=O. The van der Waals surface area contributed by atoms with Crippen molar-refractivity contribution in [2.45, 2.75) is 90.0 Å². The fourth-order valence-corrected chi connectivity index (χ4v) is 3.25. The summed E-state index contributed by atoms with van der Waals surface area (Å²) in [6.45, 7) is 6.64. The zero-order chi connectivity index (χ0) is 20.2. The number of hydrogen-bond donors (Lipinski definition) is 3. The number of rotatable bonds is 12. The molecule has 1 rings (SSSR count). The molecule has 7 nitrogen and oxygen atoms in total. The van der Waals surface area contributed by atoms with Gasteiger partial charge in [0.25, 0.3) is 0 Å². The van der Waals surface area contributed by atoms with Gasteiger partial charge in [0.1, 0.15) is 0 Å². The molecule has 1 aliphatic rings. The Bertz CT molecular complexity index is 492. The first-order valence-electron chi connectivity index (χ1n) is 10.2. The molecule has 0 aromatic heterocycles. The Morgan fingerprint density at radius 1 is 1.22 bits per heavy atom. The molecule has 0 aliphatic heterocycles. The number of nitrogens with one attached hydrogen (secondary N) is 1. The van der Waals surface area contributed by atoms with Crippen molar-refractivity contribution in [3.63, 3.8) is 0 Å². The molecular weight excluding hydrogens is 346 g/mol. The third-order valence-corrected chi connectivity index (χ3v) is 4.86. The highest BCUT2D eigenvalue weighted by Gasteiger charge is 2.35. The molecule has 27 heavy (non-hydrogen) atoms. The molecule has 0 heterocycles. The molecule has 0 bridgehead atoms. The molecule has 0 aromatic rings. The van der Waals surface area contributed by atoms with Crippen molar-refractivity contribution >= 4 is 11.9 Å². The van der Waals surface area contributed by atoms with E-state index in [1.165, 1.54) is 6.92 Å². The third kappa shape index (κ3) is 8.41. The van der Waals surface area contributed by atoms with Crippen LogP contribution in [0.15, 0.2) is 11.6 Å². The highest BCUT2D eigenvalue weighted by Crippen LogP contribution is 2.24. The van der Waals surface area contributed by atoms with Gasteiger partial charge in [0.2, 0.25) is 5.91 Å². The van der Waals surface area contributed by atoms with E-state index < -0.39 is 12.1 Å². The van der Waals surface area contributed by atoms with E-state index in [4.69, 9.17) is 20.9 Å². The first kappa shape index (κ1) is 23.6. The zero-order valence-electron chi connectivity index (χ0n) is 17.0. The second-order valence-electron chi connectivity index (χ2n) is 7.16. The van der Waals surface area contributed by atoms with Crippen LogP contribution in [0, 0.1) is 0 Å². The Kier molecular flexibility index (Phi) is 11.2. The number of esters is 1. The van der Waals surface area contributed by atoms with E-state index in [0.717, 1.165) is 38.5 Å². The fraction of sp³-hybridized carbons (Fsp3) is 0.800. The van der Waals surface area contributed by atoms with Crippen LogP contribution in [0.1, 0.15) is 65.7 Å². The van der Waals surface area contributed by atoms with Crippen LogP contribution in [-0.2, 0) is 19.1 Å². The highest BCUT2D eigenvalue weighted by atomic mass is 16.5. The van der Waals surface area contributed by atoms with Gasteiger partial charge in [-0.05, 0) is 44.7 Å². The Balaban J connectivity index is 2.72. The number of unbranched alkanes of at least 4 members (excludes halogenated alkanes) is 3. The van der Waals surface area contributed by atoms with Gasteiger partial charge >= 0.3 is 5.97 Å². The highest BCUT2D eigenvalue weighted by molar-refractivity contribution is 5.89. The predicted molar refractivity (Wildman–Crippen MR) is 106 cm³/mol. The average Bonchev–Trinajstić information content (AvgIpc) is 2.64. The molecule has 1 aliphatic carbocycles. The van der Waals surface area contributed by atoms with Gasteiger partial charge < -0.3 is 26.3 Å². The van der Waals surface area contributed by atoms with Crippen molar-refractivity contribution in [3.05, 3.63) is 11.6 Å². The van der Waals surface area contributed by atoms with Crippen LogP contribution in [0.2, 0.25) is 0 Å². The van der Waals surface area contributed by atoms with Crippen molar-refractivity contribution in [2.24, 2.45) is 11.5 Å². The van der Waals surface area contributed by atoms with Crippen LogP contribution in [0.5, 0.6) is 0 Å². The van der Waals surface area contributed by atoms with Crippen LogP contribution in [0.3, 0.4) is 0 Å². The van der Waals surface area contributed by atoms with Gasteiger partial charge in [-0.25, -0.2) is 4.79 Å². The molecule has 156 valence electrons. The van der Waals surface area contributed by atoms with Crippen LogP contribution >= 0.6 is 0 Å². The maximum absolute atomic E-state index is 12.4. The zero-order valence-corrected chi connectivity index (χ0v) is 17.0. The Labute approximate surface area is 163 Å². The minimum Gasteiger partial charge on any atom is -0.462 e. The lowest BCUT2D eigenvalue weighted by atomic mass is 9.88. The second kappa shape index (κ2) is 12.9. The topological polar surface area (TPSA) is 117 Å². The van der Waals surface area contributed by atoms with E-state index in [2.05, 4.69) is 5.32 Å². The van der Waals surface area contributed by atoms with E-state index in [-0.39, 0.29) is 24.0 Å². The lowest BCUT2D eigenvalue weighted by Gasteiger charge is -2.36. The van der Waals surface area contributed by atoms with Crippen molar-refractivity contribution in [2.75, 3.05) is 13.2 Å². The van der Waals surface area contributed by atoms with Crippen molar-refractivity contribution in [1.82, 2.24) is 5.32 Å². The van der Waals surface area contributed by atoms with Gasteiger partial charge in [-0.2, -0.15) is 0 Å². The number of hydrogen-bond acceptors (Lipinski definition) is 6. The summed E-state index contributed by atoms with van der Waals surface area (Å²) in [4.78, 5) is 24.0. The standard InChI is InChI=1S/C20H37N3O4/c1-4-16(5-2)27-18-13-15(12-17(22)19(18)23-14(3)24)20(25)26-11-9-7-6-8-10-21/h13,16-19H,4-12,21-22H2,1-3H3,(H,23,24)/t17-,18+,19?/m0/s1. The second-order valence-corrected chi connectivity index (χ2v) is 7.16. The Morgan fingerprint density at radius 3 is 2.48 bits per heavy atom. The van der Waals surface area contributed by atoms with Crippen molar-refractivity contribution < 1.29 is 19.1 Å². The molecular formula is C20H37N3O4. The van der Waals surface area contributed by atoms with Gasteiger partial charge in [0, 0.05) is 18.5 Å². The van der Waals surface area contributed by atoms with Gasteiger partial charge in [-0.3, -0.25) is 4.79 Å². The summed E-state index contributed by atoms with van der Waals surface area (Å²) in [7, 11) is 0.